The summed E-state index contributed by atoms with van der Waals surface area (Å²) >= 11 is 0. The summed E-state index contributed by atoms with van der Waals surface area (Å²) < 4.78 is 20.3. The van der Waals surface area contributed by atoms with E-state index >= 15 is 0 Å². The Labute approximate surface area is 125 Å². The maximum absolute atomic E-state index is 13.3. The molecule has 6 nitrogen and oxygen atoms in total. The average molecular weight is 300 g/mol. The molecule has 0 bridgehead atoms. The van der Waals surface area contributed by atoms with Gasteiger partial charge in [0.25, 0.3) is 0 Å². The van der Waals surface area contributed by atoms with Gasteiger partial charge in [0.15, 0.2) is 0 Å². The number of nitrogens with zero attached hydrogens (tertiary/aromatic N) is 3. The summed E-state index contributed by atoms with van der Waals surface area (Å²) in [5.74, 6) is 0.315. The van der Waals surface area contributed by atoms with E-state index in [0.29, 0.717) is 17.9 Å². The lowest BCUT2D eigenvalue weighted by atomic mass is 10.1. The zero-order valence-corrected chi connectivity index (χ0v) is 11.8. The first-order valence-corrected chi connectivity index (χ1v) is 6.76. The number of hydrogen-bond acceptors (Lipinski definition) is 5. The number of nitrogens with one attached hydrogen (secondary N) is 1. The van der Waals surface area contributed by atoms with Crippen molar-refractivity contribution in [3.63, 3.8) is 0 Å². The van der Waals surface area contributed by atoms with Crippen LogP contribution in [0.15, 0.2) is 29.1 Å². The van der Waals surface area contributed by atoms with Gasteiger partial charge < -0.3 is 10.1 Å². The zero-order chi connectivity index (χ0) is 15.7. The third kappa shape index (κ3) is 2.76. The maximum Gasteiger partial charge on any atom is 0.352 e. The highest BCUT2D eigenvalue weighted by Crippen LogP contribution is 2.20. The molecule has 2 heterocycles. The molecule has 1 N–H and O–H groups in total. The molecular weight excluding hydrogens is 287 g/mol. The van der Waals surface area contributed by atoms with Gasteiger partial charge in [-0.2, -0.15) is 10.2 Å². The van der Waals surface area contributed by atoms with Crippen LogP contribution in [0.2, 0.25) is 0 Å². The monoisotopic (exact) mass is 300 g/mol. The number of anilines is 1. The van der Waals surface area contributed by atoms with Crippen molar-refractivity contribution in [1.82, 2.24) is 9.55 Å². The lowest BCUT2D eigenvalue weighted by molar-refractivity contribution is 0.291. The Balaban J connectivity index is 1.79. The molecule has 7 heteroatoms. The molecular formula is C15H13FN4O2. The number of rotatable bonds is 3. The number of ether oxygens (including phenoxy) is 1. The first-order chi connectivity index (χ1) is 10.5. The van der Waals surface area contributed by atoms with Gasteiger partial charge in [-0.1, -0.05) is 0 Å². The first-order valence-electron chi connectivity index (χ1n) is 6.76. The largest absolute Gasteiger partial charge is 0.473 e. The first kappa shape index (κ1) is 14.1. The fraction of sp³-hybridized carbons (Fsp3) is 0.267. The second kappa shape index (κ2) is 5.48. The summed E-state index contributed by atoms with van der Waals surface area (Å²) in [5.41, 5.74) is 0.331. The van der Waals surface area contributed by atoms with Gasteiger partial charge in [-0.15, -0.1) is 0 Å². The van der Waals surface area contributed by atoms with E-state index in [4.69, 9.17) is 10.00 Å². The smallest absolute Gasteiger partial charge is 0.352 e. The van der Waals surface area contributed by atoms with Crippen molar-refractivity contribution < 1.29 is 9.13 Å². The molecule has 2 aromatic rings. The Hall–Kier alpha value is -2.88. The summed E-state index contributed by atoms with van der Waals surface area (Å²) in [5, 5.41) is 12.0. The van der Waals surface area contributed by atoms with Crippen LogP contribution in [0.5, 0.6) is 5.88 Å². The highest BCUT2D eigenvalue weighted by Gasteiger charge is 2.19. The highest BCUT2D eigenvalue weighted by molar-refractivity contribution is 5.43. The molecule has 0 saturated carbocycles. The van der Waals surface area contributed by atoms with Gasteiger partial charge in [0.05, 0.1) is 11.6 Å². The number of halogens is 1. The molecule has 1 aliphatic rings. The third-order valence-corrected chi connectivity index (χ3v) is 3.31. The average Bonchev–Trinajstić information content (AvgIpc) is 2.85. The Morgan fingerprint density at radius 1 is 1.50 bits per heavy atom. The number of benzene rings is 1. The molecule has 0 amide bonds. The van der Waals surface area contributed by atoms with Crippen molar-refractivity contribution in [2.24, 2.45) is 0 Å². The topological polar surface area (TPSA) is 79.9 Å². The highest BCUT2D eigenvalue weighted by atomic mass is 19.1. The van der Waals surface area contributed by atoms with Gasteiger partial charge in [-0.05, 0) is 30.7 Å². The fourth-order valence-corrected chi connectivity index (χ4v) is 2.38. The van der Waals surface area contributed by atoms with Crippen molar-refractivity contribution in [3.05, 3.63) is 51.7 Å². The van der Waals surface area contributed by atoms with E-state index in [0.717, 1.165) is 6.07 Å². The molecule has 0 radical (unpaired) electrons. The van der Waals surface area contributed by atoms with E-state index < -0.39 is 5.82 Å². The second-order valence-electron chi connectivity index (χ2n) is 5.17. The molecule has 1 aliphatic heterocycles. The fourth-order valence-electron chi connectivity index (χ4n) is 2.38. The van der Waals surface area contributed by atoms with Crippen LogP contribution in [0.4, 0.5) is 10.2 Å². The molecule has 0 aliphatic carbocycles. The standard InChI is InChI=1S/C15H13FN4O2/c1-9-7-20-13(18-9)5-14(19-15(20)21)22-8-11-2-10(6-17)3-12(16)4-11/h2-5,9,18H,7-8H2,1H3. The second-order valence-corrected chi connectivity index (χ2v) is 5.17. The van der Waals surface area contributed by atoms with Gasteiger partial charge in [0.1, 0.15) is 18.2 Å². The maximum atomic E-state index is 13.3. The van der Waals surface area contributed by atoms with E-state index in [1.807, 2.05) is 13.0 Å². The Morgan fingerprint density at radius 2 is 2.32 bits per heavy atom. The Kier molecular flexibility index (Phi) is 3.51. The van der Waals surface area contributed by atoms with Gasteiger partial charge in [0.2, 0.25) is 5.88 Å². The molecule has 1 atom stereocenters. The van der Waals surface area contributed by atoms with Crippen LogP contribution in [0, 0.1) is 17.1 Å². The quantitative estimate of drug-likeness (QED) is 0.932. The van der Waals surface area contributed by atoms with Gasteiger partial charge in [-0.25, -0.2) is 9.18 Å². The van der Waals surface area contributed by atoms with E-state index in [-0.39, 0.29) is 29.8 Å². The molecule has 3 rings (SSSR count). The van der Waals surface area contributed by atoms with Crippen molar-refractivity contribution in [3.8, 4) is 11.9 Å². The molecule has 0 fully saturated rings. The third-order valence-electron chi connectivity index (χ3n) is 3.31. The van der Waals surface area contributed by atoms with Crippen LogP contribution >= 0.6 is 0 Å². The summed E-state index contributed by atoms with van der Waals surface area (Å²) in [4.78, 5) is 15.7. The van der Waals surface area contributed by atoms with Crippen molar-refractivity contribution >= 4 is 5.82 Å². The SMILES string of the molecule is CC1Cn2c(cc(OCc3cc(F)cc(C#N)c3)nc2=O)N1. The van der Waals surface area contributed by atoms with Crippen LogP contribution in [0.1, 0.15) is 18.1 Å². The van der Waals surface area contributed by atoms with Crippen molar-refractivity contribution in [2.45, 2.75) is 26.1 Å². The number of hydrogen-bond donors (Lipinski definition) is 1. The lowest BCUT2D eigenvalue weighted by Crippen LogP contribution is -2.22. The van der Waals surface area contributed by atoms with E-state index in [9.17, 15) is 9.18 Å². The van der Waals surface area contributed by atoms with Gasteiger partial charge in [-0.3, -0.25) is 4.57 Å². The minimum Gasteiger partial charge on any atom is -0.473 e. The predicted molar refractivity (Wildman–Crippen MR) is 77.0 cm³/mol. The van der Waals surface area contributed by atoms with Crippen molar-refractivity contribution in [1.29, 1.82) is 5.26 Å². The molecule has 1 aromatic carbocycles. The zero-order valence-electron chi connectivity index (χ0n) is 11.8. The minimum atomic E-state index is -0.505. The van der Waals surface area contributed by atoms with Gasteiger partial charge in [0, 0.05) is 18.7 Å². The summed E-state index contributed by atoms with van der Waals surface area (Å²) in [6.07, 6.45) is 0. The van der Waals surface area contributed by atoms with Crippen LogP contribution in [-0.2, 0) is 13.2 Å². The molecule has 0 saturated heterocycles. The normalized spacial score (nSPS) is 15.8. The summed E-state index contributed by atoms with van der Waals surface area (Å²) in [6, 6.07) is 7.63. The number of nitriles is 1. The molecule has 0 spiro atoms. The molecule has 1 unspecified atom stereocenters. The molecule has 1 aromatic heterocycles. The molecule has 22 heavy (non-hydrogen) atoms. The number of fused-ring (bicyclic) bond motifs is 1. The number of aromatic nitrogens is 2. The van der Waals surface area contributed by atoms with Crippen LogP contribution < -0.4 is 15.7 Å². The minimum absolute atomic E-state index is 0.0257. The van der Waals surface area contributed by atoms with Gasteiger partial charge >= 0.3 is 5.69 Å². The molecule has 112 valence electrons. The predicted octanol–water partition coefficient (Wildman–Crippen LogP) is 1.65. The summed E-state index contributed by atoms with van der Waals surface area (Å²) in [6.45, 7) is 2.55. The van der Waals surface area contributed by atoms with Crippen LogP contribution in [-0.4, -0.2) is 15.6 Å². The Morgan fingerprint density at radius 3 is 3.09 bits per heavy atom. The van der Waals surface area contributed by atoms with Crippen LogP contribution in [0.3, 0.4) is 0 Å². The Bertz CT molecular complexity index is 825. The van der Waals surface area contributed by atoms with E-state index in [1.165, 1.54) is 16.7 Å². The van der Waals surface area contributed by atoms with Crippen molar-refractivity contribution in [2.75, 3.05) is 5.32 Å². The van der Waals surface area contributed by atoms with Crippen LogP contribution in [0.25, 0.3) is 0 Å². The van der Waals surface area contributed by atoms with E-state index in [2.05, 4.69) is 10.3 Å². The van der Waals surface area contributed by atoms with E-state index in [1.54, 1.807) is 6.07 Å². The summed E-state index contributed by atoms with van der Waals surface area (Å²) in [7, 11) is 0. The lowest BCUT2D eigenvalue weighted by Gasteiger charge is -2.08.